The summed E-state index contributed by atoms with van der Waals surface area (Å²) < 4.78 is 5.54. The number of aliphatic hydroxyl groups is 1. The van der Waals surface area contributed by atoms with Gasteiger partial charge in [0.1, 0.15) is 0 Å². The van der Waals surface area contributed by atoms with Gasteiger partial charge in [-0.2, -0.15) is 0 Å². The van der Waals surface area contributed by atoms with Crippen LogP contribution in [-0.2, 0) is 4.74 Å². The lowest BCUT2D eigenvalue weighted by Crippen LogP contribution is -2.28. The first kappa shape index (κ1) is 12.9. The van der Waals surface area contributed by atoms with Crippen molar-refractivity contribution >= 4 is 0 Å². The number of ether oxygens (including phenoxy) is 1. The lowest BCUT2D eigenvalue weighted by molar-refractivity contribution is -0.00889. The molecule has 0 saturated heterocycles. The molecule has 0 aromatic heterocycles. The van der Waals surface area contributed by atoms with Gasteiger partial charge in [0.05, 0.1) is 18.8 Å². The topological polar surface area (TPSA) is 41.5 Å². The fourth-order valence-corrected chi connectivity index (χ4v) is 2.32. The molecule has 1 aliphatic carbocycles. The quantitative estimate of drug-likeness (QED) is 0.677. The molecule has 1 saturated carbocycles. The molecule has 0 spiro atoms. The largest absolute Gasteiger partial charge is 0.391 e. The maximum absolute atomic E-state index is 9.78. The average molecular weight is 215 g/mol. The molecule has 90 valence electrons. The zero-order chi connectivity index (χ0) is 11.1. The monoisotopic (exact) mass is 215 g/mol. The van der Waals surface area contributed by atoms with Crippen LogP contribution in [0.3, 0.4) is 0 Å². The van der Waals surface area contributed by atoms with Gasteiger partial charge in [0, 0.05) is 6.54 Å². The van der Waals surface area contributed by atoms with Crippen molar-refractivity contribution in [2.24, 2.45) is 5.92 Å². The minimum Gasteiger partial charge on any atom is -0.391 e. The van der Waals surface area contributed by atoms with Crippen LogP contribution < -0.4 is 5.32 Å². The Labute approximate surface area is 93.2 Å². The van der Waals surface area contributed by atoms with Crippen LogP contribution in [0, 0.1) is 5.92 Å². The van der Waals surface area contributed by atoms with Crippen LogP contribution in [0.5, 0.6) is 0 Å². The minimum atomic E-state index is -0.271. The van der Waals surface area contributed by atoms with Crippen molar-refractivity contribution in [2.75, 3.05) is 20.2 Å². The van der Waals surface area contributed by atoms with Gasteiger partial charge in [-0.25, -0.2) is 0 Å². The average Bonchev–Trinajstić information content (AvgIpc) is 2.68. The van der Waals surface area contributed by atoms with Crippen LogP contribution in [0.2, 0.25) is 0 Å². The van der Waals surface area contributed by atoms with Gasteiger partial charge in [0.15, 0.2) is 0 Å². The van der Waals surface area contributed by atoms with E-state index in [1.54, 1.807) is 0 Å². The third kappa shape index (κ3) is 5.50. The summed E-state index contributed by atoms with van der Waals surface area (Å²) in [6.07, 6.45) is 6.11. The van der Waals surface area contributed by atoms with Crippen LogP contribution >= 0.6 is 0 Å². The molecule has 1 aliphatic rings. The zero-order valence-electron chi connectivity index (χ0n) is 10.0. The first-order chi connectivity index (χ1) is 7.22. The number of likely N-dealkylation sites (N-methyl/N-ethyl adjacent to an activating group) is 1. The van der Waals surface area contributed by atoms with E-state index in [0.29, 0.717) is 6.61 Å². The summed E-state index contributed by atoms with van der Waals surface area (Å²) in [7, 11) is 1.91. The Bertz CT molecular complexity index is 158. The van der Waals surface area contributed by atoms with Gasteiger partial charge in [0.25, 0.3) is 0 Å². The number of nitrogens with one attached hydrogen (secondary N) is 1. The summed E-state index contributed by atoms with van der Waals surface area (Å²) in [4.78, 5) is 0. The summed E-state index contributed by atoms with van der Waals surface area (Å²) in [5, 5.41) is 12.8. The van der Waals surface area contributed by atoms with Crippen LogP contribution in [0.4, 0.5) is 0 Å². The molecule has 0 aromatic rings. The minimum absolute atomic E-state index is 0.188. The van der Waals surface area contributed by atoms with E-state index in [9.17, 15) is 5.11 Å². The molecule has 0 amide bonds. The molecule has 3 heteroatoms. The second-order valence-electron chi connectivity index (χ2n) is 4.74. The molecular formula is C12H25NO2. The number of rotatable bonds is 7. The lowest BCUT2D eigenvalue weighted by atomic mass is 10.0. The molecule has 0 heterocycles. The Morgan fingerprint density at radius 1 is 1.40 bits per heavy atom. The van der Waals surface area contributed by atoms with Gasteiger partial charge < -0.3 is 15.2 Å². The van der Waals surface area contributed by atoms with Gasteiger partial charge >= 0.3 is 0 Å². The highest BCUT2D eigenvalue weighted by Crippen LogP contribution is 2.28. The maximum atomic E-state index is 9.78. The van der Waals surface area contributed by atoms with Gasteiger partial charge in [-0.15, -0.1) is 0 Å². The van der Waals surface area contributed by atoms with Gasteiger partial charge in [-0.3, -0.25) is 0 Å². The highest BCUT2D eigenvalue weighted by Gasteiger charge is 2.19. The second-order valence-corrected chi connectivity index (χ2v) is 4.74. The normalized spacial score (nSPS) is 21.8. The number of aliphatic hydroxyl groups excluding tert-OH is 1. The van der Waals surface area contributed by atoms with Crippen molar-refractivity contribution in [2.45, 2.75) is 51.2 Å². The van der Waals surface area contributed by atoms with E-state index >= 15 is 0 Å². The van der Waals surface area contributed by atoms with E-state index in [-0.39, 0.29) is 12.2 Å². The van der Waals surface area contributed by atoms with E-state index in [1.807, 2.05) is 14.0 Å². The fourth-order valence-electron chi connectivity index (χ4n) is 2.32. The van der Waals surface area contributed by atoms with Crippen LogP contribution in [0.1, 0.15) is 39.0 Å². The smallest absolute Gasteiger partial charge is 0.0776 e. The van der Waals surface area contributed by atoms with Crippen molar-refractivity contribution in [1.82, 2.24) is 5.32 Å². The van der Waals surface area contributed by atoms with E-state index < -0.39 is 0 Å². The SMILES string of the molecule is CNCC(C)OCC(O)CC1CCCC1. The third-order valence-corrected chi connectivity index (χ3v) is 3.14. The van der Waals surface area contributed by atoms with Crippen molar-refractivity contribution in [3.63, 3.8) is 0 Å². The standard InChI is InChI=1S/C12H25NO2/c1-10(8-13-2)15-9-12(14)7-11-5-3-4-6-11/h10-14H,3-9H2,1-2H3. The molecule has 1 fully saturated rings. The molecule has 2 atom stereocenters. The molecular weight excluding hydrogens is 190 g/mol. The Morgan fingerprint density at radius 2 is 2.07 bits per heavy atom. The van der Waals surface area contributed by atoms with Gasteiger partial charge in [0.2, 0.25) is 0 Å². The Hall–Kier alpha value is -0.120. The van der Waals surface area contributed by atoms with E-state index in [0.717, 1.165) is 18.9 Å². The van der Waals surface area contributed by atoms with Gasteiger partial charge in [-0.05, 0) is 26.3 Å². The second kappa shape index (κ2) is 7.20. The zero-order valence-corrected chi connectivity index (χ0v) is 10.0. The molecule has 1 rings (SSSR count). The van der Waals surface area contributed by atoms with E-state index in [1.165, 1.54) is 25.7 Å². The third-order valence-electron chi connectivity index (χ3n) is 3.14. The lowest BCUT2D eigenvalue weighted by Gasteiger charge is -2.18. The summed E-state index contributed by atoms with van der Waals surface area (Å²) >= 11 is 0. The van der Waals surface area contributed by atoms with E-state index in [4.69, 9.17) is 4.74 Å². The predicted octanol–water partition coefficient (Wildman–Crippen LogP) is 1.55. The first-order valence-corrected chi connectivity index (χ1v) is 6.16. The number of hydrogen-bond donors (Lipinski definition) is 2. The van der Waals surface area contributed by atoms with Crippen LogP contribution in [-0.4, -0.2) is 37.5 Å². The molecule has 0 radical (unpaired) electrons. The van der Waals surface area contributed by atoms with E-state index in [2.05, 4.69) is 5.32 Å². The first-order valence-electron chi connectivity index (χ1n) is 6.16. The van der Waals surface area contributed by atoms with Crippen LogP contribution in [0.15, 0.2) is 0 Å². The molecule has 2 N–H and O–H groups in total. The van der Waals surface area contributed by atoms with Crippen molar-refractivity contribution in [3.8, 4) is 0 Å². The summed E-state index contributed by atoms with van der Waals surface area (Å²) in [6.45, 7) is 3.36. The van der Waals surface area contributed by atoms with Crippen molar-refractivity contribution in [3.05, 3.63) is 0 Å². The highest BCUT2D eigenvalue weighted by atomic mass is 16.5. The highest BCUT2D eigenvalue weighted by molar-refractivity contribution is 4.71. The predicted molar refractivity (Wildman–Crippen MR) is 61.9 cm³/mol. The summed E-state index contributed by atoms with van der Waals surface area (Å²) in [6, 6.07) is 0. The summed E-state index contributed by atoms with van der Waals surface area (Å²) in [5.74, 6) is 0.739. The Balaban J connectivity index is 2.04. The Kier molecular flexibility index (Phi) is 6.22. The van der Waals surface area contributed by atoms with Crippen molar-refractivity contribution in [1.29, 1.82) is 0 Å². The van der Waals surface area contributed by atoms with Gasteiger partial charge in [-0.1, -0.05) is 25.7 Å². The Morgan fingerprint density at radius 3 is 2.67 bits per heavy atom. The fraction of sp³-hybridized carbons (Fsp3) is 1.00. The molecule has 0 aliphatic heterocycles. The van der Waals surface area contributed by atoms with Crippen LogP contribution in [0.25, 0.3) is 0 Å². The molecule has 0 aromatic carbocycles. The summed E-state index contributed by atoms with van der Waals surface area (Å²) in [5.41, 5.74) is 0. The molecule has 2 unspecified atom stereocenters. The van der Waals surface area contributed by atoms with Crippen molar-refractivity contribution < 1.29 is 9.84 Å². The molecule has 3 nitrogen and oxygen atoms in total. The molecule has 15 heavy (non-hydrogen) atoms. The molecule has 0 bridgehead atoms. The number of hydrogen-bond acceptors (Lipinski definition) is 3. The maximum Gasteiger partial charge on any atom is 0.0776 e.